The first-order chi connectivity index (χ1) is 11.6. The summed E-state index contributed by atoms with van der Waals surface area (Å²) < 4.78 is 11.3. The Morgan fingerprint density at radius 1 is 1.04 bits per heavy atom. The Bertz CT molecular complexity index is 681. The quantitative estimate of drug-likeness (QED) is 0.845. The van der Waals surface area contributed by atoms with Crippen molar-refractivity contribution in [3.05, 3.63) is 64.7 Å². The first-order valence-electron chi connectivity index (χ1n) is 7.98. The standard InChI is InChI=1S/C19H20ClNO3/c20-16-5-1-14(2-6-16)19(21,13-22)15-3-7-17(8-4-15)24-18-9-11-23-12-10-18/h1-8,13,18H,9-12,21H2. The van der Waals surface area contributed by atoms with E-state index in [2.05, 4.69) is 0 Å². The summed E-state index contributed by atoms with van der Waals surface area (Å²) in [6.45, 7) is 1.47. The number of ether oxygens (including phenoxy) is 2. The Morgan fingerprint density at radius 2 is 1.58 bits per heavy atom. The maximum absolute atomic E-state index is 11.7. The molecule has 1 atom stereocenters. The largest absolute Gasteiger partial charge is 0.490 e. The predicted molar refractivity (Wildman–Crippen MR) is 93.4 cm³/mol. The van der Waals surface area contributed by atoms with Gasteiger partial charge in [-0.2, -0.15) is 0 Å². The first kappa shape index (κ1) is 17.0. The Labute approximate surface area is 146 Å². The lowest BCUT2D eigenvalue weighted by Crippen LogP contribution is -2.39. The van der Waals surface area contributed by atoms with Crippen LogP contribution in [0.25, 0.3) is 0 Å². The van der Waals surface area contributed by atoms with Crippen LogP contribution in [0.3, 0.4) is 0 Å². The number of halogens is 1. The van der Waals surface area contributed by atoms with Gasteiger partial charge < -0.3 is 20.0 Å². The molecule has 0 spiro atoms. The van der Waals surface area contributed by atoms with Gasteiger partial charge in [-0.15, -0.1) is 0 Å². The molecule has 1 heterocycles. The van der Waals surface area contributed by atoms with Crippen molar-refractivity contribution in [1.29, 1.82) is 0 Å². The van der Waals surface area contributed by atoms with Crippen LogP contribution >= 0.6 is 11.6 Å². The van der Waals surface area contributed by atoms with Crippen LogP contribution in [-0.2, 0) is 15.1 Å². The van der Waals surface area contributed by atoms with Gasteiger partial charge in [-0.25, -0.2) is 0 Å². The molecule has 0 saturated carbocycles. The monoisotopic (exact) mass is 345 g/mol. The molecule has 1 fully saturated rings. The zero-order chi connectivity index (χ0) is 17.0. The smallest absolute Gasteiger partial charge is 0.148 e. The molecule has 1 aliphatic heterocycles. The fraction of sp³-hybridized carbons (Fsp3) is 0.316. The average Bonchev–Trinajstić information content (AvgIpc) is 2.63. The molecule has 0 amide bonds. The van der Waals surface area contributed by atoms with E-state index < -0.39 is 5.54 Å². The van der Waals surface area contributed by atoms with Crippen molar-refractivity contribution in [2.24, 2.45) is 5.73 Å². The summed E-state index contributed by atoms with van der Waals surface area (Å²) >= 11 is 5.91. The van der Waals surface area contributed by atoms with Crippen molar-refractivity contribution < 1.29 is 14.3 Å². The van der Waals surface area contributed by atoms with E-state index in [1.165, 1.54) is 0 Å². The van der Waals surface area contributed by atoms with Crippen LogP contribution < -0.4 is 10.5 Å². The fourth-order valence-corrected chi connectivity index (χ4v) is 2.95. The SMILES string of the molecule is NC(C=O)(c1ccc(Cl)cc1)c1ccc(OC2CCOCC2)cc1. The zero-order valence-electron chi connectivity index (χ0n) is 13.3. The number of aldehydes is 1. The van der Waals surface area contributed by atoms with Crippen molar-refractivity contribution in [3.8, 4) is 5.75 Å². The van der Waals surface area contributed by atoms with Gasteiger partial charge in [0.15, 0.2) is 0 Å². The summed E-state index contributed by atoms with van der Waals surface area (Å²) in [6.07, 6.45) is 2.71. The third kappa shape index (κ3) is 3.61. The lowest BCUT2D eigenvalue weighted by molar-refractivity contribution is -0.111. The molecule has 5 heteroatoms. The van der Waals surface area contributed by atoms with Crippen LogP contribution in [0.2, 0.25) is 5.02 Å². The first-order valence-corrected chi connectivity index (χ1v) is 8.36. The van der Waals surface area contributed by atoms with Gasteiger partial charge in [0.25, 0.3) is 0 Å². The summed E-state index contributed by atoms with van der Waals surface area (Å²) in [5.74, 6) is 0.773. The van der Waals surface area contributed by atoms with E-state index in [0.717, 1.165) is 38.1 Å². The molecular formula is C19H20ClNO3. The highest BCUT2D eigenvalue weighted by atomic mass is 35.5. The Hall–Kier alpha value is -1.88. The van der Waals surface area contributed by atoms with Crippen molar-refractivity contribution >= 4 is 17.9 Å². The summed E-state index contributed by atoms with van der Waals surface area (Å²) in [5.41, 5.74) is 6.55. The van der Waals surface area contributed by atoms with Gasteiger partial charge in [-0.1, -0.05) is 35.9 Å². The summed E-state index contributed by atoms with van der Waals surface area (Å²) in [7, 11) is 0. The second-order valence-electron chi connectivity index (χ2n) is 5.95. The minimum absolute atomic E-state index is 0.176. The molecule has 2 aromatic carbocycles. The molecule has 3 rings (SSSR count). The number of hydrogen-bond acceptors (Lipinski definition) is 4. The topological polar surface area (TPSA) is 61.6 Å². The van der Waals surface area contributed by atoms with E-state index in [9.17, 15) is 4.79 Å². The molecule has 0 bridgehead atoms. The predicted octanol–water partition coefficient (Wildman–Crippen LogP) is 3.30. The number of rotatable bonds is 5. The highest BCUT2D eigenvalue weighted by Crippen LogP contribution is 2.28. The van der Waals surface area contributed by atoms with Crippen LogP contribution in [0, 0.1) is 0 Å². The number of benzene rings is 2. The van der Waals surface area contributed by atoms with Crippen LogP contribution in [-0.4, -0.2) is 25.6 Å². The molecule has 1 aliphatic rings. The highest BCUT2D eigenvalue weighted by molar-refractivity contribution is 6.30. The fourth-order valence-electron chi connectivity index (χ4n) is 2.82. The molecule has 24 heavy (non-hydrogen) atoms. The number of nitrogens with two attached hydrogens (primary N) is 1. The molecule has 1 saturated heterocycles. The Morgan fingerprint density at radius 3 is 2.12 bits per heavy atom. The van der Waals surface area contributed by atoms with Gasteiger partial charge in [0.05, 0.1) is 13.2 Å². The van der Waals surface area contributed by atoms with Gasteiger partial charge in [-0.3, -0.25) is 0 Å². The second kappa shape index (κ2) is 7.34. The third-order valence-electron chi connectivity index (χ3n) is 4.31. The van der Waals surface area contributed by atoms with E-state index in [-0.39, 0.29) is 6.10 Å². The highest BCUT2D eigenvalue weighted by Gasteiger charge is 2.29. The number of carbonyl (C=O) groups excluding carboxylic acids is 1. The van der Waals surface area contributed by atoms with Gasteiger partial charge in [0.1, 0.15) is 23.7 Å². The maximum Gasteiger partial charge on any atom is 0.148 e. The van der Waals surface area contributed by atoms with Crippen LogP contribution in [0.1, 0.15) is 24.0 Å². The molecule has 0 aromatic heterocycles. The molecule has 0 radical (unpaired) electrons. The summed E-state index contributed by atoms with van der Waals surface area (Å²) in [4.78, 5) is 11.7. The van der Waals surface area contributed by atoms with Gasteiger partial charge in [-0.05, 0) is 35.4 Å². The average molecular weight is 346 g/mol. The van der Waals surface area contributed by atoms with E-state index in [1.54, 1.807) is 24.3 Å². The Balaban J connectivity index is 1.79. The lowest BCUT2D eigenvalue weighted by Gasteiger charge is -2.26. The van der Waals surface area contributed by atoms with Gasteiger partial charge in [0, 0.05) is 17.9 Å². The maximum atomic E-state index is 11.7. The second-order valence-corrected chi connectivity index (χ2v) is 6.38. The minimum Gasteiger partial charge on any atom is -0.490 e. The van der Waals surface area contributed by atoms with E-state index in [4.69, 9.17) is 26.8 Å². The number of hydrogen-bond donors (Lipinski definition) is 1. The lowest BCUT2D eigenvalue weighted by atomic mass is 9.85. The van der Waals surface area contributed by atoms with Crippen LogP contribution in [0.4, 0.5) is 0 Å². The van der Waals surface area contributed by atoms with Crippen LogP contribution in [0.15, 0.2) is 48.5 Å². The van der Waals surface area contributed by atoms with Crippen LogP contribution in [0.5, 0.6) is 5.75 Å². The Kier molecular flexibility index (Phi) is 5.19. The molecule has 0 aliphatic carbocycles. The summed E-state index contributed by atoms with van der Waals surface area (Å²) in [6, 6.07) is 14.4. The molecule has 4 nitrogen and oxygen atoms in total. The normalized spacial score (nSPS) is 17.9. The third-order valence-corrected chi connectivity index (χ3v) is 4.56. The van der Waals surface area contributed by atoms with Crippen molar-refractivity contribution in [2.75, 3.05) is 13.2 Å². The molecule has 126 valence electrons. The molecule has 2 aromatic rings. The van der Waals surface area contributed by atoms with Gasteiger partial charge >= 0.3 is 0 Å². The van der Waals surface area contributed by atoms with Crippen molar-refractivity contribution in [2.45, 2.75) is 24.5 Å². The van der Waals surface area contributed by atoms with E-state index in [1.807, 2.05) is 24.3 Å². The zero-order valence-corrected chi connectivity index (χ0v) is 14.0. The van der Waals surface area contributed by atoms with Crippen molar-refractivity contribution in [3.63, 3.8) is 0 Å². The summed E-state index contributed by atoms with van der Waals surface area (Å²) in [5, 5.41) is 0.604. The van der Waals surface area contributed by atoms with E-state index >= 15 is 0 Å². The minimum atomic E-state index is -1.21. The van der Waals surface area contributed by atoms with E-state index in [0.29, 0.717) is 16.1 Å². The molecule has 1 unspecified atom stereocenters. The number of carbonyl (C=O) groups is 1. The molecular weight excluding hydrogens is 326 g/mol. The van der Waals surface area contributed by atoms with Crippen molar-refractivity contribution in [1.82, 2.24) is 0 Å². The molecule has 2 N–H and O–H groups in total. The van der Waals surface area contributed by atoms with Gasteiger partial charge in [0.2, 0.25) is 0 Å².